The van der Waals surface area contributed by atoms with Crippen LogP contribution in [0.5, 0.6) is 0 Å². The zero-order valence-corrected chi connectivity index (χ0v) is 12.2. The molecule has 0 saturated carbocycles. The maximum atomic E-state index is 12.1. The molecule has 2 N–H and O–H groups in total. The lowest BCUT2D eigenvalue weighted by Gasteiger charge is -2.11. The second-order valence-corrected chi connectivity index (χ2v) is 5.95. The maximum absolute atomic E-state index is 12.1. The number of oxazole rings is 1. The molecule has 2 aromatic rings. The third kappa shape index (κ3) is 3.37. The lowest BCUT2D eigenvalue weighted by Crippen LogP contribution is -2.24. The van der Waals surface area contributed by atoms with Gasteiger partial charge in [0.1, 0.15) is 10.7 Å². The molecule has 7 heteroatoms. The number of rotatable bonds is 6. The number of hydrogen-bond donors (Lipinski definition) is 2. The van der Waals surface area contributed by atoms with Crippen LogP contribution in [0.2, 0.25) is 0 Å². The van der Waals surface area contributed by atoms with Gasteiger partial charge in [-0.05, 0) is 19.1 Å². The Hall–Kier alpha value is -1.86. The van der Waals surface area contributed by atoms with Crippen molar-refractivity contribution in [2.75, 3.05) is 11.9 Å². The maximum Gasteiger partial charge on any atom is 0.242 e. The molecule has 0 saturated heterocycles. The molecule has 0 radical (unpaired) electrons. The molecule has 1 aromatic heterocycles. The Kier molecular flexibility index (Phi) is 4.41. The fraction of sp³-hybridized carbons (Fsp3) is 0.308. The molecule has 108 valence electrons. The number of anilines is 1. The van der Waals surface area contributed by atoms with Crippen LogP contribution in [0.25, 0.3) is 0 Å². The summed E-state index contributed by atoms with van der Waals surface area (Å²) in [7, 11) is -3.50. The van der Waals surface area contributed by atoms with Crippen LogP contribution >= 0.6 is 0 Å². The lowest BCUT2D eigenvalue weighted by molar-refractivity contribution is 0.479. The number of para-hydroxylation sites is 1. The number of benzene rings is 1. The summed E-state index contributed by atoms with van der Waals surface area (Å²) in [6, 6.07) is 6.72. The summed E-state index contributed by atoms with van der Waals surface area (Å²) in [6.45, 7) is 4.21. The lowest BCUT2D eigenvalue weighted by atomic mass is 10.3. The van der Waals surface area contributed by atoms with Crippen molar-refractivity contribution in [3.63, 3.8) is 0 Å². The Bertz CT molecular complexity index is 680. The quantitative estimate of drug-likeness (QED) is 0.850. The van der Waals surface area contributed by atoms with Gasteiger partial charge in [0, 0.05) is 6.54 Å². The molecule has 6 nitrogen and oxygen atoms in total. The van der Waals surface area contributed by atoms with E-state index in [0.717, 1.165) is 5.76 Å². The Balaban J connectivity index is 2.20. The molecule has 0 unspecified atom stereocenters. The van der Waals surface area contributed by atoms with Crippen LogP contribution in [-0.2, 0) is 16.6 Å². The van der Waals surface area contributed by atoms with Crippen molar-refractivity contribution in [1.29, 1.82) is 0 Å². The first-order chi connectivity index (χ1) is 9.53. The van der Waals surface area contributed by atoms with Crippen LogP contribution in [0.1, 0.15) is 18.6 Å². The molecule has 0 aliphatic heterocycles. The Morgan fingerprint density at radius 2 is 2.05 bits per heavy atom. The molecule has 1 aromatic carbocycles. The minimum absolute atomic E-state index is 0.213. The van der Waals surface area contributed by atoms with Gasteiger partial charge in [0.2, 0.25) is 15.9 Å². The van der Waals surface area contributed by atoms with Crippen molar-refractivity contribution in [2.24, 2.45) is 0 Å². The molecule has 2 rings (SSSR count). The normalized spacial score (nSPS) is 11.5. The Labute approximate surface area is 118 Å². The van der Waals surface area contributed by atoms with E-state index in [0.29, 0.717) is 24.7 Å². The highest BCUT2D eigenvalue weighted by molar-refractivity contribution is 7.89. The summed E-state index contributed by atoms with van der Waals surface area (Å²) in [5.41, 5.74) is 0.518. The van der Waals surface area contributed by atoms with E-state index in [4.69, 9.17) is 4.42 Å². The van der Waals surface area contributed by atoms with Crippen LogP contribution in [0, 0.1) is 6.92 Å². The van der Waals surface area contributed by atoms with Crippen molar-refractivity contribution < 1.29 is 12.8 Å². The summed E-state index contributed by atoms with van der Waals surface area (Å²) in [4.78, 5) is 4.28. The van der Waals surface area contributed by atoms with Gasteiger partial charge in [-0.3, -0.25) is 0 Å². The molecular weight excluding hydrogens is 278 g/mol. The molecule has 0 atom stereocenters. The SMILES string of the molecule is CCNS(=O)(=O)c1ccccc1NCc1ncc(C)o1. The van der Waals surface area contributed by atoms with Gasteiger partial charge in [-0.15, -0.1) is 0 Å². The van der Waals surface area contributed by atoms with E-state index < -0.39 is 10.0 Å². The van der Waals surface area contributed by atoms with E-state index in [9.17, 15) is 8.42 Å². The summed E-state index contributed by atoms with van der Waals surface area (Å²) < 4.78 is 32.0. The zero-order valence-electron chi connectivity index (χ0n) is 11.4. The number of aromatic nitrogens is 1. The second-order valence-electron chi connectivity index (χ2n) is 4.22. The van der Waals surface area contributed by atoms with Crippen molar-refractivity contribution in [1.82, 2.24) is 9.71 Å². The summed E-state index contributed by atoms with van der Waals surface area (Å²) >= 11 is 0. The van der Waals surface area contributed by atoms with Gasteiger partial charge in [0.25, 0.3) is 0 Å². The topological polar surface area (TPSA) is 84.2 Å². The Morgan fingerprint density at radius 3 is 2.70 bits per heavy atom. The highest BCUT2D eigenvalue weighted by Crippen LogP contribution is 2.21. The fourth-order valence-electron chi connectivity index (χ4n) is 1.77. The first-order valence-electron chi connectivity index (χ1n) is 6.27. The standard InChI is InChI=1S/C13H17N3O3S/c1-3-16-20(17,18)12-7-5-4-6-11(12)14-9-13-15-8-10(2)19-13/h4-8,14,16H,3,9H2,1-2H3. The van der Waals surface area contributed by atoms with Gasteiger partial charge in [-0.25, -0.2) is 18.1 Å². The van der Waals surface area contributed by atoms with E-state index in [2.05, 4.69) is 15.0 Å². The van der Waals surface area contributed by atoms with Crippen LogP contribution in [-0.4, -0.2) is 19.9 Å². The number of hydrogen-bond acceptors (Lipinski definition) is 5. The van der Waals surface area contributed by atoms with Gasteiger partial charge in [-0.2, -0.15) is 0 Å². The molecular formula is C13H17N3O3S. The van der Waals surface area contributed by atoms with Crippen molar-refractivity contribution >= 4 is 15.7 Å². The first kappa shape index (κ1) is 14.5. The van der Waals surface area contributed by atoms with Crippen LogP contribution < -0.4 is 10.0 Å². The Morgan fingerprint density at radius 1 is 1.30 bits per heavy atom. The third-order valence-corrected chi connectivity index (χ3v) is 4.21. The van der Waals surface area contributed by atoms with Gasteiger partial charge < -0.3 is 9.73 Å². The van der Waals surface area contributed by atoms with E-state index in [-0.39, 0.29) is 4.90 Å². The third-order valence-electron chi connectivity index (χ3n) is 2.61. The van der Waals surface area contributed by atoms with Gasteiger partial charge in [0.05, 0.1) is 18.4 Å². The zero-order chi connectivity index (χ0) is 14.6. The number of sulfonamides is 1. The van der Waals surface area contributed by atoms with E-state index in [1.165, 1.54) is 0 Å². The smallest absolute Gasteiger partial charge is 0.242 e. The van der Waals surface area contributed by atoms with E-state index in [1.807, 2.05) is 0 Å². The molecule has 0 spiro atoms. The van der Waals surface area contributed by atoms with Crippen LogP contribution in [0.15, 0.2) is 39.8 Å². The predicted octanol–water partition coefficient (Wildman–Crippen LogP) is 1.89. The first-order valence-corrected chi connectivity index (χ1v) is 7.75. The second kappa shape index (κ2) is 6.06. The van der Waals surface area contributed by atoms with Crippen molar-refractivity contribution in [3.05, 3.63) is 42.1 Å². The highest BCUT2D eigenvalue weighted by atomic mass is 32.2. The molecule has 0 aliphatic carbocycles. The largest absolute Gasteiger partial charge is 0.444 e. The van der Waals surface area contributed by atoms with E-state index in [1.54, 1.807) is 44.3 Å². The minimum atomic E-state index is -3.50. The summed E-state index contributed by atoms with van der Waals surface area (Å²) in [6.07, 6.45) is 1.62. The fourth-order valence-corrected chi connectivity index (χ4v) is 2.99. The van der Waals surface area contributed by atoms with Crippen LogP contribution in [0.3, 0.4) is 0 Å². The van der Waals surface area contributed by atoms with Crippen molar-refractivity contribution in [2.45, 2.75) is 25.3 Å². The predicted molar refractivity (Wildman–Crippen MR) is 75.9 cm³/mol. The highest BCUT2D eigenvalue weighted by Gasteiger charge is 2.17. The molecule has 0 aliphatic rings. The average Bonchev–Trinajstić information content (AvgIpc) is 2.82. The number of aryl methyl sites for hydroxylation is 1. The molecule has 20 heavy (non-hydrogen) atoms. The number of nitrogens with zero attached hydrogens (tertiary/aromatic N) is 1. The van der Waals surface area contributed by atoms with Crippen molar-refractivity contribution in [3.8, 4) is 0 Å². The molecule has 0 fully saturated rings. The minimum Gasteiger partial charge on any atom is -0.444 e. The van der Waals surface area contributed by atoms with Gasteiger partial charge in [0.15, 0.2) is 0 Å². The summed E-state index contributed by atoms with van der Waals surface area (Å²) in [5.74, 6) is 1.23. The van der Waals surface area contributed by atoms with E-state index >= 15 is 0 Å². The van der Waals surface area contributed by atoms with Gasteiger partial charge in [-0.1, -0.05) is 19.1 Å². The molecule has 1 heterocycles. The van der Waals surface area contributed by atoms with Crippen LogP contribution in [0.4, 0.5) is 5.69 Å². The molecule has 0 bridgehead atoms. The molecule has 0 amide bonds. The van der Waals surface area contributed by atoms with Gasteiger partial charge >= 0.3 is 0 Å². The monoisotopic (exact) mass is 295 g/mol. The number of nitrogens with one attached hydrogen (secondary N) is 2. The summed E-state index contributed by atoms with van der Waals surface area (Å²) in [5, 5.41) is 3.03. The average molecular weight is 295 g/mol.